The van der Waals surface area contributed by atoms with Crippen LogP contribution in [0.2, 0.25) is 0 Å². The van der Waals surface area contributed by atoms with E-state index in [2.05, 4.69) is 0 Å². The van der Waals surface area contributed by atoms with Gasteiger partial charge < -0.3 is 14.6 Å². The fourth-order valence-corrected chi connectivity index (χ4v) is 1.30. The Morgan fingerprint density at radius 2 is 2.17 bits per heavy atom. The van der Waals surface area contributed by atoms with Crippen LogP contribution in [-0.2, 0) is 9.47 Å². The van der Waals surface area contributed by atoms with Gasteiger partial charge in [0.15, 0.2) is 0 Å². The van der Waals surface area contributed by atoms with Crippen molar-refractivity contribution in [3.05, 3.63) is 0 Å². The highest BCUT2D eigenvalue weighted by molar-refractivity contribution is 4.79. The zero-order chi connectivity index (χ0) is 8.97. The van der Waals surface area contributed by atoms with Crippen LogP contribution in [-0.4, -0.2) is 36.6 Å². The van der Waals surface area contributed by atoms with Gasteiger partial charge in [-0.05, 0) is 26.7 Å². The van der Waals surface area contributed by atoms with Gasteiger partial charge in [0.1, 0.15) is 0 Å². The van der Waals surface area contributed by atoms with Crippen molar-refractivity contribution in [2.75, 3.05) is 13.2 Å². The summed E-state index contributed by atoms with van der Waals surface area (Å²) in [6, 6.07) is 0. The van der Waals surface area contributed by atoms with Crippen molar-refractivity contribution in [3.8, 4) is 0 Å². The molecule has 1 unspecified atom stereocenters. The van der Waals surface area contributed by atoms with E-state index in [-0.39, 0.29) is 18.3 Å². The van der Waals surface area contributed by atoms with Crippen LogP contribution < -0.4 is 0 Å². The molecule has 0 amide bonds. The van der Waals surface area contributed by atoms with E-state index in [9.17, 15) is 0 Å². The Morgan fingerprint density at radius 1 is 1.50 bits per heavy atom. The first-order valence-electron chi connectivity index (χ1n) is 4.63. The first-order chi connectivity index (χ1) is 5.72. The minimum Gasteiger partial charge on any atom is -0.393 e. The fourth-order valence-electron chi connectivity index (χ4n) is 1.30. The smallest absolute Gasteiger partial charge is 0.0784 e. The van der Waals surface area contributed by atoms with E-state index >= 15 is 0 Å². The molecule has 3 heteroatoms. The van der Waals surface area contributed by atoms with E-state index in [1.165, 1.54) is 0 Å². The van der Waals surface area contributed by atoms with E-state index in [0.717, 1.165) is 19.4 Å². The van der Waals surface area contributed by atoms with Gasteiger partial charge in [0.25, 0.3) is 0 Å². The van der Waals surface area contributed by atoms with Gasteiger partial charge in [0.05, 0.1) is 24.9 Å². The van der Waals surface area contributed by atoms with Crippen LogP contribution in [0.25, 0.3) is 0 Å². The van der Waals surface area contributed by atoms with Gasteiger partial charge in [-0.15, -0.1) is 0 Å². The third-order valence-electron chi connectivity index (χ3n) is 2.05. The quantitative estimate of drug-likeness (QED) is 0.674. The van der Waals surface area contributed by atoms with E-state index < -0.39 is 0 Å². The van der Waals surface area contributed by atoms with Gasteiger partial charge in [0, 0.05) is 6.61 Å². The van der Waals surface area contributed by atoms with Gasteiger partial charge in [-0.3, -0.25) is 0 Å². The average Bonchev–Trinajstić information content (AvgIpc) is 1.98. The molecule has 1 N–H and O–H groups in total. The summed E-state index contributed by atoms with van der Waals surface area (Å²) < 4.78 is 10.8. The van der Waals surface area contributed by atoms with E-state index in [1.54, 1.807) is 0 Å². The predicted octanol–water partition coefficient (Wildman–Crippen LogP) is 0.951. The Hall–Kier alpha value is -0.120. The van der Waals surface area contributed by atoms with E-state index in [4.69, 9.17) is 14.6 Å². The van der Waals surface area contributed by atoms with Gasteiger partial charge >= 0.3 is 0 Å². The zero-order valence-electron chi connectivity index (χ0n) is 7.82. The summed E-state index contributed by atoms with van der Waals surface area (Å²) in [5.74, 6) is 0. The maximum Gasteiger partial charge on any atom is 0.0784 e. The molecular weight excluding hydrogens is 156 g/mol. The number of hydrogen-bond donors (Lipinski definition) is 1. The normalized spacial score (nSPS) is 31.2. The lowest BCUT2D eigenvalue weighted by molar-refractivity contribution is -0.115. The minimum absolute atomic E-state index is 0.130. The molecule has 0 heterocycles. The standard InChI is InChI=1S/C9H18O3/c1-3-11-6-7(2)12-9-4-8(10)5-9/h7-10H,3-6H2,1-2H3. The van der Waals surface area contributed by atoms with Crippen LogP contribution in [0.5, 0.6) is 0 Å². The first-order valence-corrected chi connectivity index (χ1v) is 4.63. The second kappa shape index (κ2) is 4.80. The third-order valence-corrected chi connectivity index (χ3v) is 2.05. The van der Waals surface area contributed by atoms with Crippen molar-refractivity contribution in [1.29, 1.82) is 0 Å². The Labute approximate surface area is 73.7 Å². The van der Waals surface area contributed by atoms with E-state index in [0.29, 0.717) is 6.61 Å². The maximum atomic E-state index is 9.00. The molecule has 3 nitrogen and oxygen atoms in total. The number of hydrogen-bond acceptors (Lipinski definition) is 3. The van der Waals surface area contributed by atoms with Crippen LogP contribution in [0.15, 0.2) is 0 Å². The molecule has 12 heavy (non-hydrogen) atoms. The number of ether oxygens (including phenoxy) is 2. The average molecular weight is 174 g/mol. The summed E-state index contributed by atoms with van der Waals surface area (Å²) in [5.41, 5.74) is 0. The van der Waals surface area contributed by atoms with Crippen molar-refractivity contribution < 1.29 is 14.6 Å². The molecule has 0 spiro atoms. The van der Waals surface area contributed by atoms with Crippen molar-refractivity contribution in [2.24, 2.45) is 0 Å². The molecule has 72 valence electrons. The van der Waals surface area contributed by atoms with Crippen molar-refractivity contribution in [3.63, 3.8) is 0 Å². The summed E-state index contributed by atoms with van der Waals surface area (Å²) in [6.07, 6.45) is 1.86. The number of aliphatic hydroxyl groups is 1. The summed E-state index contributed by atoms with van der Waals surface area (Å²) in [4.78, 5) is 0. The van der Waals surface area contributed by atoms with Crippen LogP contribution in [0.4, 0.5) is 0 Å². The maximum absolute atomic E-state index is 9.00. The van der Waals surface area contributed by atoms with Crippen LogP contribution in [0, 0.1) is 0 Å². The van der Waals surface area contributed by atoms with Crippen molar-refractivity contribution in [1.82, 2.24) is 0 Å². The highest BCUT2D eigenvalue weighted by atomic mass is 16.5. The van der Waals surface area contributed by atoms with Gasteiger partial charge in [-0.1, -0.05) is 0 Å². The minimum atomic E-state index is -0.130. The summed E-state index contributed by atoms with van der Waals surface area (Å²) in [5, 5.41) is 9.00. The van der Waals surface area contributed by atoms with Gasteiger partial charge in [-0.2, -0.15) is 0 Å². The lowest BCUT2D eigenvalue weighted by Gasteiger charge is -2.33. The summed E-state index contributed by atoms with van der Waals surface area (Å²) in [7, 11) is 0. The molecule has 0 radical (unpaired) electrons. The second-order valence-corrected chi connectivity index (χ2v) is 3.35. The molecule has 0 aromatic carbocycles. The summed E-state index contributed by atoms with van der Waals surface area (Å²) in [6.45, 7) is 5.37. The highest BCUT2D eigenvalue weighted by Gasteiger charge is 2.29. The molecule has 1 aliphatic rings. The molecular formula is C9H18O3. The predicted molar refractivity (Wildman–Crippen MR) is 46.1 cm³/mol. The van der Waals surface area contributed by atoms with Crippen LogP contribution in [0.1, 0.15) is 26.7 Å². The third kappa shape index (κ3) is 3.09. The lowest BCUT2D eigenvalue weighted by atomic mass is 9.92. The molecule has 1 atom stereocenters. The molecule has 1 saturated carbocycles. The molecule has 0 aromatic rings. The molecule has 1 fully saturated rings. The fraction of sp³-hybridized carbons (Fsp3) is 1.00. The Kier molecular flexibility index (Phi) is 3.98. The molecule has 0 aliphatic heterocycles. The Balaban J connectivity index is 1.98. The molecule has 0 saturated heterocycles. The molecule has 1 rings (SSSR count). The molecule has 1 aliphatic carbocycles. The SMILES string of the molecule is CCOCC(C)OC1CC(O)C1. The van der Waals surface area contributed by atoms with E-state index in [1.807, 2.05) is 13.8 Å². The first kappa shape index (κ1) is 9.96. The molecule has 0 bridgehead atoms. The second-order valence-electron chi connectivity index (χ2n) is 3.35. The largest absolute Gasteiger partial charge is 0.393 e. The van der Waals surface area contributed by atoms with Gasteiger partial charge in [-0.25, -0.2) is 0 Å². The topological polar surface area (TPSA) is 38.7 Å². The monoisotopic (exact) mass is 174 g/mol. The van der Waals surface area contributed by atoms with Crippen LogP contribution >= 0.6 is 0 Å². The number of aliphatic hydroxyl groups excluding tert-OH is 1. The van der Waals surface area contributed by atoms with Crippen molar-refractivity contribution in [2.45, 2.75) is 45.0 Å². The number of rotatable bonds is 5. The highest BCUT2D eigenvalue weighted by Crippen LogP contribution is 2.24. The lowest BCUT2D eigenvalue weighted by Crippen LogP contribution is -2.38. The Bertz CT molecular complexity index is 121. The Morgan fingerprint density at radius 3 is 2.67 bits per heavy atom. The van der Waals surface area contributed by atoms with Crippen molar-refractivity contribution >= 4 is 0 Å². The van der Waals surface area contributed by atoms with Crippen LogP contribution in [0.3, 0.4) is 0 Å². The molecule has 0 aromatic heterocycles. The van der Waals surface area contributed by atoms with Gasteiger partial charge in [0.2, 0.25) is 0 Å². The summed E-state index contributed by atoms with van der Waals surface area (Å²) >= 11 is 0. The zero-order valence-corrected chi connectivity index (χ0v) is 7.82.